The Morgan fingerprint density at radius 3 is 2.73 bits per heavy atom. The zero-order valence-corrected chi connectivity index (χ0v) is 9.99. The van der Waals surface area contributed by atoms with E-state index in [4.69, 9.17) is 4.74 Å². The minimum atomic E-state index is -0.415. The van der Waals surface area contributed by atoms with Gasteiger partial charge in [0.1, 0.15) is 11.7 Å². The SMILES string of the molecule is CC(C)(C)/C=C/[C@H](O)[C@@]12CCCCC1O2. The fraction of sp³-hybridized carbons (Fsp3) is 0.846. The minimum absolute atomic E-state index is 0.136. The van der Waals surface area contributed by atoms with Crippen LogP contribution in [0.15, 0.2) is 12.2 Å². The number of hydrogen-bond acceptors (Lipinski definition) is 2. The number of fused-ring (bicyclic) bond motifs is 1. The van der Waals surface area contributed by atoms with E-state index >= 15 is 0 Å². The van der Waals surface area contributed by atoms with E-state index in [-0.39, 0.29) is 11.0 Å². The molecule has 2 fully saturated rings. The Balaban J connectivity index is 1.97. The molecule has 0 spiro atoms. The summed E-state index contributed by atoms with van der Waals surface area (Å²) < 4.78 is 5.69. The van der Waals surface area contributed by atoms with Crippen molar-refractivity contribution < 1.29 is 9.84 Å². The summed E-state index contributed by atoms with van der Waals surface area (Å²) in [6, 6.07) is 0. The van der Waals surface area contributed by atoms with Crippen LogP contribution in [0.3, 0.4) is 0 Å². The lowest BCUT2D eigenvalue weighted by Gasteiger charge is -2.21. The molecule has 1 aliphatic carbocycles. The molecule has 2 nitrogen and oxygen atoms in total. The van der Waals surface area contributed by atoms with Crippen molar-refractivity contribution in [1.29, 1.82) is 0 Å². The first kappa shape index (κ1) is 11.2. The highest BCUT2D eigenvalue weighted by Gasteiger charge is 2.60. The Morgan fingerprint density at radius 2 is 2.13 bits per heavy atom. The number of rotatable bonds is 2. The molecular weight excluding hydrogens is 188 g/mol. The number of epoxide rings is 1. The fourth-order valence-corrected chi connectivity index (χ4v) is 2.44. The van der Waals surface area contributed by atoms with Gasteiger partial charge in [-0.15, -0.1) is 0 Å². The third-order valence-electron chi connectivity index (χ3n) is 3.41. The predicted octanol–water partition coefficient (Wildman–Crippen LogP) is 2.66. The molecule has 1 heterocycles. The molecule has 0 bridgehead atoms. The Hall–Kier alpha value is -0.340. The van der Waals surface area contributed by atoms with Gasteiger partial charge < -0.3 is 9.84 Å². The summed E-state index contributed by atoms with van der Waals surface area (Å²) in [6.45, 7) is 6.42. The lowest BCUT2D eigenvalue weighted by Crippen LogP contribution is -2.33. The van der Waals surface area contributed by atoms with Gasteiger partial charge in [-0.25, -0.2) is 0 Å². The lowest BCUT2D eigenvalue weighted by molar-refractivity contribution is 0.103. The van der Waals surface area contributed by atoms with Crippen molar-refractivity contribution in [2.45, 2.75) is 64.3 Å². The Bertz CT molecular complexity index is 264. The van der Waals surface area contributed by atoms with Gasteiger partial charge in [-0.05, 0) is 18.3 Å². The highest BCUT2D eigenvalue weighted by atomic mass is 16.6. The smallest absolute Gasteiger partial charge is 0.124 e. The topological polar surface area (TPSA) is 32.8 Å². The Morgan fingerprint density at radius 1 is 1.40 bits per heavy atom. The summed E-state index contributed by atoms with van der Waals surface area (Å²) in [5.41, 5.74) is -0.0727. The molecule has 0 radical (unpaired) electrons. The van der Waals surface area contributed by atoms with Gasteiger partial charge in [0.05, 0.1) is 6.10 Å². The molecule has 86 valence electrons. The van der Waals surface area contributed by atoms with Crippen molar-refractivity contribution in [1.82, 2.24) is 0 Å². The summed E-state index contributed by atoms with van der Waals surface area (Å²) in [7, 11) is 0. The summed E-state index contributed by atoms with van der Waals surface area (Å²) in [6.07, 6.45) is 8.51. The Kier molecular flexibility index (Phi) is 2.68. The standard InChI is InChI=1S/C13H22O2/c1-12(2,3)9-7-10(14)13-8-5-4-6-11(13)15-13/h7,9-11,14H,4-6,8H2,1-3H3/b9-7+/t10-,11?,13-/m0/s1. The van der Waals surface area contributed by atoms with Crippen molar-refractivity contribution in [2.75, 3.05) is 0 Å². The number of hydrogen-bond donors (Lipinski definition) is 1. The van der Waals surface area contributed by atoms with Crippen LogP contribution >= 0.6 is 0 Å². The summed E-state index contributed by atoms with van der Waals surface area (Å²) >= 11 is 0. The molecule has 1 aliphatic heterocycles. The van der Waals surface area contributed by atoms with Crippen molar-refractivity contribution in [3.8, 4) is 0 Å². The lowest BCUT2D eigenvalue weighted by atomic mass is 9.84. The van der Waals surface area contributed by atoms with Crippen LogP contribution in [-0.2, 0) is 4.74 Å². The zero-order valence-electron chi connectivity index (χ0n) is 9.99. The normalized spacial score (nSPS) is 37.7. The first-order valence-electron chi connectivity index (χ1n) is 5.99. The molecule has 0 aromatic heterocycles. The largest absolute Gasteiger partial charge is 0.386 e. The number of allylic oxidation sites excluding steroid dienone is 1. The summed E-state index contributed by atoms with van der Waals surface area (Å²) in [4.78, 5) is 0. The van der Waals surface area contributed by atoms with E-state index in [0.29, 0.717) is 6.10 Å². The second-order valence-electron chi connectivity index (χ2n) is 5.98. The van der Waals surface area contributed by atoms with E-state index in [1.54, 1.807) is 0 Å². The van der Waals surface area contributed by atoms with Crippen LogP contribution in [0, 0.1) is 5.41 Å². The third-order valence-corrected chi connectivity index (χ3v) is 3.41. The van der Waals surface area contributed by atoms with Gasteiger partial charge in [-0.3, -0.25) is 0 Å². The van der Waals surface area contributed by atoms with Crippen LogP contribution in [0.4, 0.5) is 0 Å². The van der Waals surface area contributed by atoms with Crippen LogP contribution in [0.2, 0.25) is 0 Å². The number of aliphatic hydroxyl groups excluding tert-OH is 1. The maximum Gasteiger partial charge on any atom is 0.124 e. The summed E-state index contributed by atoms with van der Waals surface area (Å²) in [5.74, 6) is 0. The average Bonchev–Trinajstić information content (AvgIpc) is 2.88. The zero-order chi connectivity index (χ0) is 11.1. The van der Waals surface area contributed by atoms with Crippen LogP contribution in [0.25, 0.3) is 0 Å². The average molecular weight is 210 g/mol. The van der Waals surface area contributed by atoms with E-state index in [1.165, 1.54) is 12.8 Å². The van der Waals surface area contributed by atoms with Gasteiger partial charge in [0.25, 0.3) is 0 Å². The summed E-state index contributed by atoms with van der Waals surface area (Å²) in [5, 5.41) is 10.1. The van der Waals surface area contributed by atoms with E-state index in [2.05, 4.69) is 26.8 Å². The van der Waals surface area contributed by atoms with Crippen LogP contribution in [0.5, 0.6) is 0 Å². The molecule has 0 aromatic rings. The molecule has 0 amide bonds. The van der Waals surface area contributed by atoms with Gasteiger partial charge in [-0.2, -0.15) is 0 Å². The first-order chi connectivity index (χ1) is 6.94. The molecule has 15 heavy (non-hydrogen) atoms. The maximum atomic E-state index is 10.1. The van der Waals surface area contributed by atoms with Gasteiger partial charge in [0.2, 0.25) is 0 Å². The van der Waals surface area contributed by atoms with E-state index in [1.807, 2.05) is 6.08 Å². The fourth-order valence-electron chi connectivity index (χ4n) is 2.44. The molecule has 1 saturated heterocycles. The number of aliphatic hydroxyl groups is 1. The van der Waals surface area contributed by atoms with Crippen molar-refractivity contribution in [3.63, 3.8) is 0 Å². The van der Waals surface area contributed by atoms with E-state index < -0.39 is 6.10 Å². The van der Waals surface area contributed by atoms with Gasteiger partial charge >= 0.3 is 0 Å². The molecular formula is C13H22O2. The Labute approximate surface area is 92.3 Å². The first-order valence-corrected chi connectivity index (χ1v) is 5.99. The molecule has 2 rings (SSSR count). The molecule has 2 heteroatoms. The van der Waals surface area contributed by atoms with Crippen molar-refractivity contribution in [2.24, 2.45) is 5.41 Å². The van der Waals surface area contributed by atoms with Crippen LogP contribution in [0.1, 0.15) is 46.5 Å². The molecule has 1 saturated carbocycles. The predicted molar refractivity (Wildman–Crippen MR) is 60.7 cm³/mol. The molecule has 1 N–H and O–H groups in total. The molecule has 3 atom stereocenters. The van der Waals surface area contributed by atoms with E-state index in [9.17, 15) is 5.11 Å². The second-order valence-corrected chi connectivity index (χ2v) is 5.98. The molecule has 2 aliphatic rings. The maximum absolute atomic E-state index is 10.1. The number of ether oxygens (including phenoxy) is 1. The van der Waals surface area contributed by atoms with Gasteiger partial charge in [0, 0.05) is 0 Å². The highest BCUT2D eigenvalue weighted by Crippen LogP contribution is 2.50. The monoisotopic (exact) mass is 210 g/mol. The van der Waals surface area contributed by atoms with Gasteiger partial charge in [-0.1, -0.05) is 45.8 Å². The molecule has 1 unspecified atom stereocenters. The highest BCUT2D eigenvalue weighted by molar-refractivity contribution is 5.16. The van der Waals surface area contributed by atoms with Crippen LogP contribution in [-0.4, -0.2) is 22.9 Å². The van der Waals surface area contributed by atoms with E-state index in [0.717, 1.165) is 12.8 Å². The van der Waals surface area contributed by atoms with Crippen molar-refractivity contribution in [3.05, 3.63) is 12.2 Å². The second kappa shape index (κ2) is 3.60. The minimum Gasteiger partial charge on any atom is -0.386 e. The molecule has 0 aromatic carbocycles. The third kappa shape index (κ3) is 2.26. The van der Waals surface area contributed by atoms with Gasteiger partial charge in [0.15, 0.2) is 0 Å². The quantitative estimate of drug-likeness (QED) is 0.561. The van der Waals surface area contributed by atoms with Crippen molar-refractivity contribution >= 4 is 0 Å². The van der Waals surface area contributed by atoms with Crippen LogP contribution < -0.4 is 0 Å².